The Kier molecular flexibility index (Phi) is 9.50. The van der Waals surface area contributed by atoms with Gasteiger partial charge < -0.3 is 9.47 Å². The molecule has 0 aliphatic rings. The molecule has 0 N–H and O–H groups in total. The second-order valence-electron chi connectivity index (χ2n) is 8.88. The summed E-state index contributed by atoms with van der Waals surface area (Å²) >= 11 is 6.62. The zero-order chi connectivity index (χ0) is 25.3. The molecule has 0 saturated heterocycles. The van der Waals surface area contributed by atoms with Crippen molar-refractivity contribution in [3.63, 3.8) is 0 Å². The fourth-order valence-corrected chi connectivity index (χ4v) is 4.16. The first-order valence-corrected chi connectivity index (χ1v) is 12.3. The zero-order valence-electron chi connectivity index (χ0n) is 20.5. The van der Waals surface area contributed by atoms with Crippen LogP contribution in [-0.2, 0) is 16.6 Å². The van der Waals surface area contributed by atoms with E-state index in [2.05, 4.69) is 6.92 Å². The summed E-state index contributed by atoms with van der Waals surface area (Å²) in [5.74, 6) is 1.19. The second-order valence-corrected chi connectivity index (χ2v) is 9.28. The van der Waals surface area contributed by atoms with Crippen molar-refractivity contribution in [1.29, 1.82) is 0 Å². The molecule has 184 valence electrons. The van der Waals surface area contributed by atoms with Gasteiger partial charge in [-0.1, -0.05) is 61.8 Å². The lowest BCUT2D eigenvalue weighted by Gasteiger charge is -2.30. The molecule has 0 amide bonds. The lowest BCUT2D eigenvalue weighted by molar-refractivity contribution is -0.104. The third kappa shape index (κ3) is 7.19. The van der Waals surface area contributed by atoms with Crippen LogP contribution in [0, 0.1) is 5.82 Å². The quantitative estimate of drug-likeness (QED) is 0.187. The van der Waals surface area contributed by atoms with Gasteiger partial charge in [-0.15, -0.1) is 0 Å². The van der Waals surface area contributed by atoms with Gasteiger partial charge in [-0.05, 0) is 86.2 Å². The minimum Gasteiger partial charge on any atom is -0.491 e. The minimum absolute atomic E-state index is 0.136. The van der Waals surface area contributed by atoms with Gasteiger partial charge in [0.05, 0.1) is 6.10 Å². The molecule has 0 fully saturated rings. The Bertz CT molecular complexity index is 1130. The lowest BCUT2D eigenvalue weighted by atomic mass is 9.77. The van der Waals surface area contributed by atoms with Crippen molar-refractivity contribution >= 4 is 17.9 Å². The maximum absolute atomic E-state index is 14.3. The molecule has 3 nitrogen and oxygen atoms in total. The summed E-state index contributed by atoms with van der Waals surface area (Å²) in [5.41, 5.74) is 1.43. The number of aldehydes is 1. The normalized spacial score (nSPS) is 14.1. The highest BCUT2D eigenvalue weighted by molar-refractivity contribution is 6.31. The molecule has 0 spiro atoms. The van der Waals surface area contributed by atoms with E-state index in [1.807, 2.05) is 56.3 Å². The van der Waals surface area contributed by atoms with E-state index in [1.54, 1.807) is 24.3 Å². The Morgan fingerprint density at radius 3 is 2.43 bits per heavy atom. The van der Waals surface area contributed by atoms with E-state index in [0.29, 0.717) is 29.9 Å². The molecule has 2 atom stereocenters. The largest absolute Gasteiger partial charge is 0.491 e. The van der Waals surface area contributed by atoms with Crippen LogP contribution in [0.15, 0.2) is 83.9 Å². The van der Waals surface area contributed by atoms with E-state index in [4.69, 9.17) is 21.1 Å². The number of carbonyl (C=O) groups is 1. The first-order chi connectivity index (χ1) is 16.9. The molecule has 0 radical (unpaired) electrons. The predicted octanol–water partition coefficient (Wildman–Crippen LogP) is 8.40. The average molecular weight is 495 g/mol. The third-order valence-electron chi connectivity index (χ3n) is 6.25. The molecule has 3 aromatic rings. The van der Waals surface area contributed by atoms with Crippen LogP contribution in [0.2, 0.25) is 0 Å². The van der Waals surface area contributed by atoms with Crippen molar-refractivity contribution in [3.8, 4) is 17.2 Å². The summed E-state index contributed by atoms with van der Waals surface area (Å²) in [6, 6.07) is 22.0. The number of para-hydroxylation sites is 1. The number of aryl methyl sites for hydroxylation is 1. The summed E-state index contributed by atoms with van der Waals surface area (Å²) < 4.78 is 25.9. The Morgan fingerprint density at radius 1 is 1.06 bits per heavy atom. The van der Waals surface area contributed by atoms with Crippen LogP contribution in [-0.4, -0.2) is 12.4 Å². The van der Waals surface area contributed by atoms with E-state index in [1.165, 1.54) is 12.1 Å². The van der Waals surface area contributed by atoms with Crippen LogP contribution in [0.25, 0.3) is 0 Å². The summed E-state index contributed by atoms with van der Waals surface area (Å²) in [6.45, 7) is 6.15. The van der Waals surface area contributed by atoms with Crippen molar-refractivity contribution in [2.45, 2.75) is 58.0 Å². The molecule has 3 aromatic carbocycles. The van der Waals surface area contributed by atoms with Crippen LogP contribution >= 0.6 is 11.6 Å². The molecule has 0 bridgehead atoms. The molecule has 0 heterocycles. The first-order valence-electron chi connectivity index (χ1n) is 12.0. The van der Waals surface area contributed by atoms with Crippen molar-refractivity contribution in [3.05, 3.63) is 101 Å². The van der Waals surface area contributed by atoms with Crippen LogP contribution < -0.4 is 9.47 Å². The lowest BCUT2D eigenvalue weighted by Crippen LogP contribution is -2.23. The molecule has 0 aromatic heterocycles. The van der Waals surface area contributed by atoms with E-state index in [-0.39, 0.29) is 11.9 Å². The van der Waals surface area contributed by atoms with Gasteiger partial charge in [-0.2, -0.15) is 0 Å². The number of halogens is 2. The summed E-state index contributed by atoms with van der Waals surface area (Å²) in [6.07, 6.45) is 5.38. The Hall–Kier alpha value is -3.11. The van der Waals surface area contributed by atoms with Gasteiger partial charge in [0.15, 0.2) is 11.6 Å². The fourth-order valence-electron chi connectivity index (χ4n) is 3.91. The minimum atomic E-state index is -0.541. The number of allylic oxidation sites excluding steroid dienone is 2. The van der Waals surface area contributed by atoms with Gasteiger partial charge >= 0.3 is 0 Å². The summed E-state index contributed by atoms with van der Waals surface area (Å²) in [5, 5.41) is 0.482. The molecule has 3 rings (SSSR count). The molecule has 0 saturated carbocycles. The maximum atomic E-state index is 14.3. The van der Waals surface area contributed by atoms with Crippen LogP contribution in [0.1, 0.15) is 51.2 Å². The summed E-state index contributed by atoms with van der Waals surface area (Å²) in [7, 11) is 0. The third-order valence-corrected chi connectivity index (χ3v) is 6.80. The van der Waals surface area contributed by atoms with Gasteiger partial charge in [0.2, 0.25) is 0 Å². The van der Waals surface area contributed by atoms with Gasteiger partial charge in [0, 0.05) is 10.4 Å². The van der Waals surface area contributed by atoms with E-state index in [9.17, 15) is 9.18 Å². The van der Waals surface area contributed by atoms with Gasteiger partial charge in [-0.25, -0.2) is 4.39 Å². The average Bonchev–Trinajstić information content (AvgIpc) is 2.87. The van der Waals surface area contributed by atoms with Crippen LogP contribution in [0.4, 0.5) is 4.39 Å². The number of hydrogen-bond acceptors (Lipinski definition) is 3. The highest BCUT2D eigenvalue weighted by Gasteiger charge is 2.30. The Labute approximate surface area is 212 Å². The van der Waals surface area contributed by atoms with Crippen molar-refractivity contribution in [2.75, 3.05) is 0 Å². The monoisotopic (exact) mass is 494 g/mol. The van der Waals surface area contributed by atoms with E-state index in [0.717, 1.165) is 29.7 Å². The van der Waals surface area contributed by atoms with Crippen LogP contribution in [0.3, 0.4) is 0 Å². The Morgan fingerprint density at radius 2 is 1.77 bits per heavy atom. The number of benzene rings is 3. The molecule has 0 aliphatic heterocycles. The molecule has 5 heteroatoms. The van der Waals surface area contributed by atoms with Crippen molar-refractivity contribution < 1.29 is 18.7 Å². The second kappa shape index (κ2) is 12.6. The highest BCUT2D eigenvalue weighted by atomic mass is 35.5. The smallest absolute Gasteiger partial charge is 0.165 e. The zero-order valence-corrected chi connectivity index (χ0v) is 21.2. The highest BCUT2D eigenvalue weighted by Crippen LogP contribution is 2.40. The fraction of sp³-hybridized carbons (Fsp3) is 0.300. The molecule has 2 unspecified atom stereocenters. The first kappa shape index (κ1) is 26.5. The van der Waals surface area contributed by atoms with Gasteiger partial charge in [0.25, 0.3) is 0 Å². The standard InChI is InChI=1S/C30H32ClFO3/c1-4-22(2)34-26-15-13-24(14-16-26)30(3,29(31)18-20-33)19-8-9-23-12-17-27(32)28(21-23)35-25-10-6-5-7-11-25/h5-7,10-18,20-22H,4,8-9,19H2,1-3H3. The number of carbonyl (C=O) groups excluding carboxylic acids is 1. The van der Waals surface area contributed by atoms with Crippen LogP contribution in [0.5, 0.6) is 17.2 Å². The maximum Gasteiger partial charge on any atom is 0.165 e. The topological polar surface area (TPSA) is 35.5 Å². The number of hydrogen-bond donors (Lipinski definition) is 0. The van der Waals surface area contributed by atoms with E-state index >= 15 is 0 Å². The molecule has 35 heavy (non-hydrogen) atoms. The summed E-state index contributed by atoms with van der Waals surface area (Å²) in [4.78, 5) is 11.2. The van der Waals surface area contributed by atoms with Crippen molar-refractivity contribution in [1.82, 2.24) is 0 Å². The number of ether oxygens (including phenoxy) is 2. The van der Waals surface area contributed by atoms with Crippen molar-refractivity contribution in [2.24, 2.45) is 0 Å². The molecular weight excluding hydrogens is 463 g/mol. The van der Waals surface area contributed by atoms with E-state index < -0.39 is 11.2 Å². The van der Waals surface area contributed by atoms with Gasteiger partial charge in [0.1, 0.15) is 17.8 Å². The molecular formula is C30H32ClFO3. The predicted molar refractivity (Wildman–Crippen MR) is 140 cm³/mol. The SMILES string of the molecule is CCC(C)Oc1ccc(C(C)(CCCc2ccc(F)c(Oc3ccccc3)c2)C(Cl)=CC=O)cc1. The number of rotatable bonds is 12. The van der Waals surface area contributed by atoms with Gasteiger partial charge in [-0.3, -0.25) is 4.79 Å². The Balaban J connectivity index is 1.73. The molecule has 0 aliphatic carbocycles.